The molecule has 4 aromatic rings. The molecule has 31 heavy (non-hydrogen) atoms. The molecule has 154 valence electrons. The second kappa shape index (κ2) is 8.54. The molecule has 4 aromatic carbocycles. The number of aromatic carboxylic acids is 1. The van der Waals surface area contributed by atoms with Crippen molar-refractivity contribution in [1.82, 2.24) is 5.43 Å². The molecule has 0 saturated heterocycles. The van der Waals surface area contributed by atoms with E-state index < -0.39 is 5.97 Å². The van der Waals surface area contributed by atoms with Gasteiger partial charge in [-0.1, -0.05) is 48.5 Å². The highest BCUT2D eigenvalue weighted by Crippen LogP contribution is 2.26. The first-order chi connectivity index (χ1) is 15.0. The summed E-state index contributed by atoms with van der Waals surface area (Å²) in [7, 11) is 0. The Morgan fingerprint density at radius 3 is 2.55 bits per heavy atom. The van der Waals surface area contributed by atoms with Gasteiger partial charge in [0.05, 0.1) is 18.3 Å². The molecular weight excluding hydrogens is 394 g/mol. The molecule has 4 rings (SSSR count). The molecule has 0 aliphatic rings. The lowest BCUT2D eigenvalue weighted by atomic mass is 10.0. The first-order valence-electron chi connectivity index (χ1n) is 9.55. The molecule has 0 aliphatic carbocycles. The zero-order valence-corrected chi connectivity index (χ0v) is 16.4. The van der Waals surface area contributed by atoms with E-state index in [0.717, 1.165) is 16.5 Å². The second-order valence-corrected chi connectivity index (χ2v) is 6.91. The molecule has 0 unspecified atom stereocenters. The van der Waals surface area contributed by atoms with Crippen molar-refractivity contribution < 1.29 is 19.8 Å². The number of hydrogen-bond donors (Lipinski definition) is 4. The van der Waals surface area contributed by atoms with Crippen molar-refractivity contribution in [3.05, 3.63) is 83.9 Å². The minimum absolute atomic E-state index is 0.0227. The molecule has 0 radical (unpaired) electrons. The van der Waals surface area contributed by atoms with E-state index in [1.807, 2.05) is 42.5 Å². The van der Waals surface area contributed by atoms with Crippen molar-refractivity contribution in [2.45, 2.75) is 0 Å². The smallest absolute Gasteiger partial charge is 0.335 e. The highest BCUT2D eigenvalue weighted by atomic mass is 16.4. The van der Waals surface area contributed by atoms with Crippen LogP contribution in [-0.2, 0) is 4.79 Å². The van der Waals surface area contributed by atoms with Crippen LogP contribution in [0.2, 0.25) is 0 Å². The summed E-state index contributed by atoms with van der Waals surface area (Å²) in [6, 6.07) is 21.3. The number of fused-ring (bicyclic) bond motifs is 2. The predicted octanol–water partition coefficient (Wildman–Crippen LogP) is 3.96. The zero-order chi connectivity index (χ0) is 21.8. The van der Waals surface area contributed by atoms with Gasteiger partial charge in [0.25, 0.3) is 5.91 Å². The average Bonchev–Trinajstić information content (AvgIpc) is 2.78. The number of amides is 1. The molecule has 0 atom stereocenters. The van der Waals surface area contributed by atoms with Crippen LogP contribution in [0.25, 0.3) is 21.5 Å². The van der Waals surface area contributed by atoms with E-state index in [1.54, 1.807) is 12.1 Å². The number of benzene rings is 4. The monoisotopic (exact) mass is 413 g/mol. The first kappa shape index (κ1) is 19.9. The third-order valence-corrected chi connectivity index (χ3v) is 4.90. The first-order valence-corrected chi connectivity index (χ1v) is 9.55. The molecular formula is C24H19N3O4. The largest absolute Gasteiger partial charge is 0.507 e. The SMILES string of the molecule is O=C(CNc1cccc2ccccc12)NN=Cc1c(O)ccc2cc(C(=O)O)ccc12. The van der Waals surface area contributed by atoms with Crippen molar-refractivity contribution >= 4 is 45.3 Å². The lowest BCUT2D eigenvalue weighted by Gasteiger charge is -2.09. The Hall–Kier alpha value is -4.39. The van der Waals surface area contributed by atoms with Crippen LogP contribution in [0.4, 0.5) is 5.69 Å². The fourth-order valence-electron chi connectivity index (χ4n) is 3.37. The van der Waals surface area contributed by atoms with Crippen LogP contribution < -0.4 is 10.7 Å². The molecule has 7 nitrogen and oxygen atoms in total. The average molecular weight is 413 g/mol. The van der Waals surface area contributed by atoms with Gasteiger partial charge in [-0.05, 0) is 40.4 Å². The summed E-state index contributed by atoms with van der Waals surface area (Å²) in [5.41, 5.74) is 3.81. The van der Waals surface area contributed by atoms with Crippen LogP contribution in [0.15, 0.2) is 77.9 Å². The molecule has 0 saturated carbocycles. The predicted molar refractivity (Wildman–Crippen MR) is 121 cm³/mol. The Labute approximate surface area is 177 Å². The second-order valence-electron chi connectivity index (χ2n) is 6.91. The molecule has 0 spiro atoms. The Kier molecular flexibility index (Phi) is 5.49. The number of hydrogen-bond acceptors (Lipinski definition) is 5. The quantitative estimate of drug-likeness (QED) is 0.282. The summed E-state index contributed by atoms with van der Waals surface area (Å²) in [5, 5.41) is 29.7. The van der Waals surface area contributed by atoms with Crippen molar-refractivity contribution in [1.29, 1.82) is 0 Å². The molecule has 0 fully saturated rings. The number of anilines is 1. The number of nitrogens with zero attached hydrogens (tertiary/aromatic N) is 1. The normalized spacial score (nSPS) is 11.1. The number of nitrogens with one attached hydrogen (secondary N) is 2. The van der Waals surface area contributed by atoms with Gasteiger partial charge in [0.1, 0.15) is 5.75 Å². The number of hydrazone groups is 1. The number of phenols is 1. The topological polar surface area (TPSA) is 111 Å². The maximum Gasteiger partial charge on any atom is 0.335 e. The number of carbonyl (C=O) groups is 2. The van der Waals surface area contributed by atoms with E-state index in [4.69, 9.17) is 5.11 Å². The van der Waals surface area contributed by atoms with E-state index in [1.165, 1.54) is 24.4 Å². The van der Waals surface area contributed by atoms with Gasteiger partial charge in [0.15, 0.2) is 0 Å². The van der Waals surface area contributed by atoms with Crippen LogP contribution in [0.3, 0.4) is 0 Å². The summed E-state index contributed by atoms with van der Waals surface area (Å²) in [5.74, 6) is -1.41. The standard InChI is InChI=1S/C24H19N3O4/c28-22-11-9-16-12-17(24(30)31)8-10-18(16)20(22)13-26-27-23(29)14-25-21-7-3-5-15-4-1-2-6-19(15)21/h1-13,25,28H,14H2,(H,27,29)(H,30,31). The van der Waals surface area contributed by atoms with Gasteiger partial charge >= 0.3 is 5.97 Å². The molecule has 1 amide bonds. The molecule has 7 heteroatoms. The number of carboxylic acid groups (broad SMARTS) is 1. The van der Waals surface area contributed by atoms with Crippen molar-refractivity contribution in [2.75, 3.05) is 11.9 Å². The Balaban J connectivity index is 1.45. The summed E-state index contributed by atoms with van der Waals surface area (Å²) in [6.07, 6.45) is 1.34. The fraction of sp³-hybridized carbons (Fsp3) is 0.0417. The van der Waals surface area contributed by atoms with Crippen LogP contribution in [0.1, 0.15) is 15.9 Å². The molecule has 0 bridgehead atoms. The Morgan fingerprint density at radius 2 is 1.71 bits per heavy atom. The molecule has 4 N–H and O–H groups in total. The lowest BCUT2D eigenvalue weighted by molar-refractivity contribution is -0.119. The van der Waals surface area contributed by atoms with Crippen LogP contribution in [0.5, 0.6) is 5.75 Å². The number of carbonyl (C=O) groups excluding carboxylic acids is 1. The van der Waals surface area contributed by atoms with Crippen LogP contribution >= 0.6 is 0 Å². The summed E-state index contributed by atoms with van der Waals surface area (Å²) < 4.78 is 0. The minimum atomic E-state index is -1.03. The minimum Gasteiger partial charge on any atom is -0.507 e. The highest BCUT2D eigenvalue weighted by Gasteiger charge is 2.09. The Bertz CT molecular complexity index is 1330. The van der Waals surface area contributed by atoms with Gasteiger partial charge < -0.3 is 15.5 Å². The van der Waals surface area contributed by atoms with E-state index in [9.17, 15) is 14.7 Å². The maximum atomic E-state index is 12.2. The van der Waals surface area contributed by atoms with Gasteiger partial charge in [0.2, 0.25) is 0 Å². The van der Waals surface area contributed by atoms with Crippen molar-refractivity contribution in [3.8, 4) is 5.75 Å². The number of aromatic hydroxyl groups is 1. The van der Waals surface area contributed by atoms with Gasteiger partial charge in [-0.25, -0.2) is 10.2 Å². The van der Waals surface area contributed by atoms with Gasteiger partial charge in [0, 0.05) is 16.6 Å². The van der Waals surface area contributed by atoms with Gasteiger partial charge in [-0.3, -0.25) is 4.79 Å². The van der Waals surface area contributed by atoms with E-state index in [2.05, 4.69) is 15.8 Å². The van der Waals surface area contributed by atoms with Crippen molar-refractivity contribution in [3.63, 3.8) is 0 Å². The van der Waals surface area contributed by atoms with E-state index >= 15 is 0 Å². The van der Waals surface area contributed by atoms with E-state index in [0.29, 0.717) is 16.3 Å². The fourth-order valence-corrected chi connectivity index (χ4v) is 3.37. The molecule has 0 aliphatic heterocycles. The molecule has 0 aromatic heterocycles. The lowest BCUT2D eigenvalue weighted by Crippen LogP contribution is -2.25. The third-order valence-electron chi connectivity index (χ3n) is 4.90. The molecule has 0 heterocycles. The van der Waals surface area contributed by atoms with E-state index in [-0.39, 0.29) is 23.8 Å². The number of phenolic OH excluding ortho intramolecular Hbond substituents is 1. The summed E-state index contributed by atoms with van der Waals surface area (Å²) in [4.78, 5) is 23.3. The van der Waals surface area contributed by atoms with Crippen molar-refractivity contribution in [2.24, 2.45) is 5.10 Å². The Morgan fingerprint density at radius 1 is 0.903 bits per heavy atom. The number of carboxylic acids is 1. The summed E-state index contributed by atoms with van der Waals surface area (Å²) >= 11 is 0. The highest BCUT2D eigenvalue weighted by molar-refractivity contribution is 6.04. The number of rotatable bonds is 6. The van der Waals surface area contributed by atoms with Gasteiger partial charge in [-0.15, -0.1) is 0 Å². The third kappa shape index (κ3) is 4.30. The maximum absolute atomic E-state index is 12.2. The van der Waals surface area contributed by atoms with Gasteiger partial charge in [-0.2, -0.15) is 5.10 Å². The zero-order valence-electron chi connectivity index (χ0n) is 16.4. The van der Waals surface area contributed by atoms with Crippen LogP contribution in [0, 0.1) is 0 Å². The summed E-state index contributed by atoms with van der Waals surface area (Å²) in [6.45, 7) is 0.0227. The van der Waals surface area contributed by atoms with Crippen LogP contribution in [-0.4, -0.2) is 34.8 Å².